The van der Waals surface area contributed by atoms with Crippen molar-refractivity contribution >= 4 is 35.8 Å². The van der Waals surface area contributed by atoms with Crippen molar-refractivity contribution in [2.75, 3.05) is 50.9 Å². The van der Waals surface area contributed by atoms with E-state index in [1.165, 1.54) is 5.56 Å². The second-order valence-electron chi connectivity index (χ2n) is 7.57. The lowest BCUT2D eigenvalue weighted by atomic mass is 10.1. The molecule has 3 heterocycles. The fourth-order valence-corrected chi connectivity index (χ4v) is 3.63. The van der Waals surface area contributed by atoms with Gasteiger partial charge in [-0.25, -0.2) is 4.98 Å². The first-order valence-electron chi connectivity index (χ1n) is 10.7. The molecule has 7 nitrogen and oxygen atoms in total. The molecule has 29 heavy (non-hydrogen) atoms. The van der Waals surface area contributed by atoms with Gasteiger partial charge in [0.05, 0.1) is 25.9 Å². The molecule has 0 aliphatic carbocycles. The molecule has 2 saturated heterocycles. The van der Waals surface area contributed by atoms with Crippen LogP contribution < -0.4 is 15.5 Å². The van der Waals surface area contributed by atoms with E-state index < -0.39 is 0 Å². The predicted molar refractivity (Wildman–Crippen MR) is 129 cm³/mol. The lowest BCUT2D eigenvalue weighted by Gasteiger charge is -2.33. The van der Waals surface area contributed by atoms with E-state index in [-0.39, 0.29) is 30.1 Å². The van der Waals surface area contributed by atoms with Crippen molar-refractivity contribution < 1.29 is 9.47 Å². The van der Waals surface area contributed by atoms with Crippen molar-refractivity contribution in [3.8, 4) is 0 Å². The van der Waals surface area contributed by atoms with Crippen LogP contribution in [0.4, 0.5) is 5.82 Å². The average Bonchev–Trinajstić information content (AvgIpc) is 3.23. The predicted octanol–water partition coefficient (Wildman–Crippen LogP) is 2.73. The maximum Gasteiger partial charge on any atom is 0.191 e. The second-order valence-corrected chi connectivity index (χ2v) is 7.57. The molecule has 2 N–H and O–H groups in total. The molecule has 3 rings (SSSR count). The monoisotopic (exact) mass is 517 g/mol. The minimum absolute atomic E-state index is 0. The largest absolute Gasteiger partial charge is 0.377 e. The molecule has 2 aliphatic heterocycles. The number of piperidine rings is 1. The Kier molecular flexibility index (Phi) is 11.0. The molecule has 1 unspecified atom stereocenters. The third-order valence-corrected chi connectivity index (χ3v) is 5.23. The molecule has 0 amide bonds. The van der Waals surface area contributed by atoms with Gasteiger partial charge in [-0.15, -0.1) is 24.0 Å². The summed E-state index contributed by atoms with van der Waals surface area (Å²) >= 11 is 0. The van der Waals surface area contributed by atoms with Gasteiger partial charge in [-0.2, -0.15) is 0 Å². The SMILES string of the molecule is CCNC(=NCCOCC1CCCO1)NC1CCN(c2ccc(C)cn2)CC1.I. The van der Waals surface area contributed by atoms with E-state index >= 15 is 0 Å². The van der Waals surface area contributed by atoms with E-state index in [0.717, 1.165) is 63.7 Å². The molecule has 0 bridgehead atoms. The Bertz CT molecular complexity index is 600. The summed E-state index contributed by atoms with van der Waals surface area (Å²) in [5, 5.41) is 6.93. The standard InChI is InChI=1S/C21H35N5O2.HI/c1-3-22-21(23-10-14-27-16-19-5-4-13-28-19)25-18-8-11-26(12-9-18)20-7-6-17(2)15-24-20;/h6-7,15,18-19H,3-5,8-14,16H2,1-2H3,(H2,22,23,25);1H. The number of nitrogens with zero attached hydrogens (tertiary/aromatic N) is 3. The van der Waals surface area contributed by atoms with Crippen molar-refractivity contribution in [2.45, 2.75) is 51.7 Å². The summed E-state index contributed by atoms with van der Waals surface area (Å²) < 4.78 is 11.3. The van der Waals surface area contributed by atoms with Crippen molar-refractivity contribution in [2.24, 2.45) is 4.99 Å². The van der Waals surface area contributed by atoms with Gasteiger partial charge in [-0.1, -0.05) is 6.07 Å². The number of guanidine groups is 1. The van der Waals surface area contributed by atoms with E-state index in [1.54, 1.807) is 0 Å². The number of ether oxygens (including phenoxy) is 2. The van der Waals surface area contributed by atoms with Gasteiger partial charge in [0.25, 0.3) is 0 Å². The van der Waals surface area contributed by atoms with Crippen LogP contribution in [0.3, 0.4) is 0 Å². The first-order chi connectivity index (χ1) is 13.7. The summed E-state index contributed by atoms with van der Waals surface area (Å²) in [7, 11) is 0. The van der Waals surface area contributed by atoms with Crippen molar-refractivity contribution in [1.29, 1.82) is 0 Å². The molecule has 0 spiro atoms. The normalized spacial score (nSPS) is 20.4. The van der Waals surface area contributed by atoms with Gasteiger partial charge in [-0.05, 0) is 51.2 Å². The number of aromatic nitrogens is 1. The minimum Gasteiger partial charge on any atom is -0.377 e. The lowest BCUT2D eigenvalue weighted by Crippen LogP contribution is -2.49. The topological polar surface area (TPSA) is 71.0 Å². The highest BCUT2D eigenvalue weighted by Crippen LogP contribution is 2.18. The molecule has 2 fully saturated rings. The van der Waals surface area contributed by atoms with E-state index in [9.17, 15) is 0 Å². The first kappa shape index (κ1) is 24.1. The molecule has 1 aromatic rings. The van der Waals surface area contributed by atoms with Crippen molar-refractivity contribution in [1.82, 2.24) is 15.6 Å². The van der Waals surface area contributed by atoms with Gasteiger partial charge in [0.2, 0.25) is 0 Å². The summed E-state index contributed by atoms with van der Waals surface area (Å²) in [6, 6.07) is 4.68. The number of nitrogens with one attached hydrogen (secondary N) is 2. The Hall–Kier alpha value is -1.13. The van der Waals surface area contributed by atoms with Gasteiger partial charge < -0.3 is 25.0 Å². The first-order valence-corrected chi connectivity index (χ1v) is 10.7. The lowest BCUT2D eigenvalue weighted by molar-refractivity contribution is 0.0200. The Morgan fingerprint density at radius 2 is 2.14 bits per heavy atom. The van der Waals surface area contributed by atoms with Crippen molar-refractivity contribution in [3.05, 3.63) is 23.9 Å². The number of hydrogen-bond donors (Lipinski definition) is 2. The maximum atomic E-state index is 5.71. The van der Waals surface area contributed by atoms with E-state index in [2.05, 4.69) is 51.5 Å². The molecular formula is C21H36IN5O2. The fraction of sp³-hybridized carbons (Fsp3) is 0.714. The molecule has 1 aromatic heterocycles. The summed E-state index contributed by atoms with van der Waals surface area (Å²) in [6.07, 6.45) is 6.65. The Morgan fingerprint density at radius 3 is 2.79 bits per heavy atom. The van der Waals surface area contributed by atoms with E-state index in [1.807, 2.05) is 6.20 Å². The number of rotatable bonds is 8. The van der Waals surface area contributed by atoms with Crippen LogP contribution in [0.5, 0.6) is 0 Å². The van der Waals surface area contributed by atoms with Crippen LogP contribution in [-0.2, 0) is 9.47 Å². The van der Waals surface area contributed by atoms with Crippen LogP contribution in [0, 0.1) is 6.92 Å². The highest BCUT2D eigenvalue weighted by atomic mass is 127. The highest BCUT2D eigenvalue weighted by molar-refractivity contribution is 14.0. The number of hydrogen-bond acceptors (Lipinski definition) is 5. The molecule has 0 saturated carbocycles. The number of aryl methyl sites for hydroxylation is 1. The van der Waals surface area contributed by atoms with Crippen molar-refractivity contribution in [3.63, 3.8) is 0 Å². The molecular weight excluding hydrogens is 481 g/mol. The zero-order valence-corrected chi connectivity index (χ0v) is 20.1. The third kappa shape index (κ3) is 8.25. The Balaban J connectivity index is 0.00000300. The maximum absolute atomic E-state index is 5.71. The number of halogens is 1. The Morgan fingerprint density at radius 1 is 1.31 bits per heavy atom. The van der Waals surface area contributed by atoms with Gasteiger partial charge in [0.1, 0.15) is 5.82 Å². The van der Waals surface area contributed by atoms with Gasteiger partial charge in [-0.3, -0.25) is 4.99 Å². The zero-order valence-electron chi connectivity index (χ0n) is 17.7. The highest BCUT2D eigenvalue weighted by Gasteiger charge is 2.21. The van der Waals surface area contributed by atoms with Crippen LogP contribution >= 0.6 is 24.0 Å². The summed E-state index contributed by atoms with van der Waals surface area (Å²) in [5.41, 5.74) is 1.20. The quantitative estimate of drug-likeness (QED) is 0.239. The van der Waals surface area contributed by atoms with Gasteiger partial charge in [0, 0.05) is 38.5 Å². The van der Waals surface area contributed by atoms with Crippen LogP contribution in [0.1, 0.15) is 38.2 Å². The number of anilines is 1. The number of aliphatic imine (C=N–C) groups is 1. The fourth-order valence-electron chi connectivity index (χ4n) is 3.63. The third-order valence-electron chi connectivity index (χ3n) is 5.23. The molecule has 1 atom stereocenters. The van der Waals surface area contributed by atoms with E-state index in [4.69, 9.17) is 9.47 Å². The minimum atomic E-state index is 0. The van der Waals surface area contributed by atoms with Gasteiger partial charge >= 0.3 is 0 Å². The summed E-state index contributed by atoms with van der Waals surface area (Å²) in [5.74, 6) is 1.96. The van der Waals surface area contributed by atoms with Crippen LogP contribution in [0.25, 0.3) is 0 Å². The second kappa shape index (κ2) is 13.2. The zero-order chi connectivity index (χ0) is 19.6. The number of pyridine rings is 1. The van der Waals surface area contributed by atoms with Crippen LogP contribution in [0.15, 0.2) is 23.3 Å². The Labute approximate surface area is 192 Å². The molecule has 0 radical (unpaired) electrons. The van der Waals surface area contributed by atoms with Gasteiger partial charge in [0.15, 0.2) is 5.96 Å². The molecule has 2 aliphatic rings. The average molecular weight is 517 g/mol. The van der Waals surface area contributed by atoms with E-state index in [0.29, 0.717) is 25.8 Å². The van der Waals surface area contributed by atoms with Crippen LogP contribution in [-0.4, -0.2) is 69.1 Å². The molecule has 164 valence electrons. The molecule has 0 aromatic carbocycles. The molecule has 8 heteroatoms. The smallest absolute Gasteiger partial charge is 0.191 e. The summed E-state index contributed by atoms with van der Waals surface area (Å²) in [4.78, 5) is 11.6. The van der Waals surface area contributed by atoms with Crippen LogP contribution in [0.2, 0.25) is 0 Å². The summed E-state index contributed by atoms with van der Waals surface area (Å²) in [6.45, 7) is 9.90.